The van der Waals surface area contributed by atoms with Crippen molar-refractivity contribution in [1.82, 2.24) is 4.98 Å². The van der Waals surface area contributed by atoms with Gasteiger partial charge in [0, 0.05) is 11.6 Å². The molecule has 144 valence electrons. The van der Waals surface area contributed by atoms with Crippen LogP contribution in [0.1, 0.15) is 20.7 Å². The van der Waals surface area contributed by atoms with Crippen molar-refractivity contribution in [3.05, 3.63) is 65.9 Å². The Hall–Kier alpha value is -3.46. The van der Waals surface area contributed by atoms with Crippen LogP contribution in [0.15, 0.2) is 59.6 Å². The lowest BCUT2D eigenvalue weighted by molar-refractivity contribution is 0.0587. The largest absolute Gasteiger partial charge is 0.465 e. The minimum absolute atomic E-state index is 0.0491. The van der Waals surface area contributed by atoms with Crippen molar-refractivity contribution in [2.24, 2.45) is 0 Å². The molecule has 0 aliphatic rings. The van der Waals surface area contributed by atoms with Gasteiger partial charge < -0.3 is 9.47 Å². The highest BCUT2D eigenvalue weighted by Gasteiger charge is 2.23. The van der Waals surface area contributed by atoms with Gasteiger partial charge in [0.05, 0.1) is 36.6 Å². The number of fused-ring (bicyclic) bond motifs is 1. The van der Waals surface area contributed by atoms with Gasteiger partial charge in [-0.1, -0.05) is 18.2 Å². The van der Waals surface area contributed by atoms with E-state index in [1.165, 1.54) is 44.7 Å². The summed E-state index contributed by atoms with van der Waals surface area (Å²) in [4.78, 5) is 27.9. The van der Waals surface area contributed by atoms with Crippen LogP contribution in [0.5, 0.6) is 0 Å². The summed E-state index contributed by atoms with van der Waals surface area (Å²) in [5, 5.41) is 0.641. The maximum absolute atomic E-state index is 13.0. The smallest absolute Gasteiger partial charge is 0.339 e. The van der Waals surface area contributed by atoms with Crippen LogP contribution in [0.2, 0.25) is 0 Å². The number of carbonyl (C=O) groups excluding carboxylic acids is 2. The van der Waals surface area contributed by atoms with Crippen LogP contribution in [0.25, 0.3) is 10.9 Å². The van der Waals surface area contributed by atoms with Crippen molar-refractivity contribution < 1.29 is 27.5 Å². The Morgan fingerprint density at radius 3 is 2.39 bits per heavy atom. The van der Waals surface area contributed by atoms with Gasteiger partial charge in [0.25, 0.3) is 10.0 Å². The first-order chi connectivity index (χ1) is 13.4. The first-order valence-electron chi connectivity index (χ1n) is 8.04. The fourth-order valence-corrected chi connectivity index (χ4v) is 3.91. The second-order valence-electron chi connectivity index (χ2n) is 5.68. The van der Waals surface area contributed by atoms with Crippen LogP contribution >= 0.6 is 0 Å². The predicted octanol–water partition coefficient (Wildman–Crippen LogP) is 2.61. The van der Waals surface area contributed by atoms with Crippen molar-refractivity contribution in [1.29, 1.82) is 0 Å². The summed E-state index contributed by atoms with van der Waals surface area (Å²) in [6, 6.07) is 12.0. The summed E-state index contributed by atoms with van der Waals surface area (Å²) in [5.74, 6) is -1.44. The van der Waals surface area contributed by atoms with E-state index in [1.807, 2.05) is 0 Å². The minimum Gasteiger partial charge on any atom is -0.465 e. The lowest BCUT2D eigenvalue weighted by Crippen LogP contribution is -2.17. The van der Waals surface area contributed by atoms with E-state index in [0.717, 1.165) is 0 Å². The number of nitrogens with zero attached hydrogens (tertiary/aromatic N) is 1. The molecule has 0 spiro atoms. The molecule has 2 aromatic carbocycles. The lowest BCUT2D eigenvalue weighted by atomic mass is 10.1. The molecular weight excluding hydrogens is 384 g/mol. The standard InChI is InChI=1S/C19H16N2O6S/c1-26-18(22)13-8-9-14(19(23)27-2)15(11-13)21-28(24,25)16-7-3-5-12-6-4-10-20-17(12)16/h3-11,21H,1-2H3. The van der Waals surface area contributed by atoms with E-state index in [9.17, 15) is 18.0 Å². The molecule has 3 rings (SSSR count). The molecule has 0 unspecified atom stereocenters. The number of benzene rings is 2. The minimum atomic E-state index is -4.13. The van der Waals surface area contributed by atoms with E-state index in [1.54, 1.807) is 24.3 Å². The van der Waals surface area contributed by atoms with Crippen LogP contribution in [0.4, 0.5) is 5.69 Å². The number of aromatic nitrogens is 1. The van der Waals surface area contributed by atoms with Crippen molar-refractivity contribution in [2.45, 2.75) is 4.90 Å². The number of anilines is 1. The molecule has 0 bridgehead atoms. The van der Waals surface area contributed by atoms with Crippen molar-refractivity contribution in [3.63, 3.8) is 0 Å². The quantitative estimate of drug-likeness (QED) is 0.655. The number of esters is 2. The number of sulfonamides is 1. The Balaban J connectivity index is 2.12. The number of methoxy groups -OCH3 is 2. The summed E-state index contributed by atoms with van der Waals surface area (Å²) in [7, 11) is -1.76. The number of hydrogen-bond acceptors (Lipinski definition) is 7. The van der Waals surface area contributed by atoms with Gasteiger partial charge in [-0.25, -0.2) is 18.0 Å². The lowest BCUT2D eigenvalue weighted by Gasteiger charge is -2.13. The fourth-order valence-electron chi connectivity index (χ4n) is 2.65. The molecule has 0 amide bonds. The zero-order valence-electron chi connectivity index (χ0n) is 15.0. The Kier molecular flexibility index (Phi) is 5.27. The summed E-state index contributed by atoms with van der Waals surface area (Å²) in [6.45, 7) is 0. The van der Waals surface area contributed by atoms with Crippen LogP contribution in [-0.2, 0) is 19.5 Å². The first-order valence-corrected chi connectivity index (χ1v) is 9.53. The second kappa shape index (κ2) is 7.65. The van der Waals surface area contributed by atoms with Crippen molar-refractivity contribution in [2.75, 3.05) is 18.9 Å². The normalized spacial score (nSPS) is 11.1. The molecular formula is C19H16N2O6S. The van der Waals surface area contributed by atoms with Gasteiger partial charge >= 0.3 is 11.9 Å². The topological polar surface area (TPSA) is 112 Å². The third-order valence-electron chi connectivity index (χ3n) is 3.98. The van der Waals surface area contributed by atoms with E-state index in [-0.39, 0.29) is 27.2 Å². The average molecular weight is 400 g/mol. The molecule has 1 heterocycles. The Labute approximate surface area is 161 Å². The average Bonchev–Trinajstić information content (AvgIpc) is 2.71. The van der Waals surface area contributed by atoms with Gasteiger partial charge in [-0.05, 0) is 30.3 Å². The maximum atomic E-state index is 13.0. The van der Waals surface area contributed by atoms with Crippen LogP contribution in [0, 0.1) is 0 Å². The second-order valence-corrected chi connectivity index (χ2v) is 7.33. The third kappa shape index (κ3) is 3.65. The SMILES string of the molecule is COC(=O)c1ccc(C(=O)OC)c(NS(=O)(=O)c2cccc3cccnc23)c1. The highest BCUT2D eigenvalue weighted by atomic mass is 32.2. The molecule has 28 heavy (non-hydrogen) atoms. The summed E-state index contributed by atoms with van der Waals surface area (Å²) in [5.41, 5.74) is 0.194. The number of pyridine rings is 1. The fraction of sp³-hybridized carbons (Fsp3) is 0.105. The molecule has 1 N–H and O–H groups in total. The molecule has 0 radical (unpaired) electrons. The highest BCUT2D eigenvalue weighted by Crippen LogP contribution is 2.26. The van der Waals surface area contributed by atoms with Gasteiger partial charge in [-0.15, -0.1) is 0 Å². The molecule has 0 saturated carbocycles. The van der Waals surface area contributed by atoms with Crippen LogP contribution in [0.3, 0.4) is 0 Å². The number of para-hydroxylation sites is 1. The molecule has 0 fully saturated rings. The van der Waals surface area contributed by atoms with Gasteiger partial charge in [0.1, 0.15) is 4.90 Å². The summed E-state index contributed by atoms with van der Waals surface area (Å²) < 4.78 is 37.7. The Bertz CT molecular complexity index is 1170. The zero-order chi connectivity index (χ0) is 20.3. The molecule has 0 aliphatic heterocycles. The predicted molar refractivity (Wildman–Crippen MR) is 102 cm³/mol. The van der Waals surface area contributed by atoms with E-state index in [4.69, 9.17) is 4.74 Å². The summed E-state index contributed by atoms with van der Waals surface area (Å²) in [6.07, 6.45) is 1.49. The number of ether oxygens (including phenoxy) is 2. The molecule has 0 atom stereocenters. The molecule has 0 aliphatic carbocycles. The highest BCUT2D eigenvalue weighted by molar-refractivity contribution is 7.93. The molecule has 0 saturated heterocycles. The van der Waals surface area contributed by atoms with Gasteiger partial charge in [-0.3, -0.25) is 9.71 Å². The van der Waals surface area contributed by atoms with E-state index < -0.39 is 22.0 Å². The molecule has 9 heteroatoms. The number of carbonyl (C=O) groups is 2. The van der Waals surface area contributed by atoms with Gasteiger partial charge in [-0.2, -0.15) is 0 Å². The van der Waals surface area contributed by atoms with E-state index in [2.05, 4.69) is 14.4 Å². The summed E-state index contributed by atoms with van der Waals surface area (Å²) >= 11 is 0. The Morgan fingerprint density at radius 2 is 1.68 bits per heavy atom. The monoisotopic (exact) mass is 400 g/mol. The number of nitrogens with one attached hydrogen (secondary N) is 1. The molecule has 8 nitrogen and oxygen atoms in total. The van der Waals surface area contributed by atoms with Gasteiger partial charge in [0.15, 0.2) is 0 Å². The maximum Gasteiger partial charge on any atom is 0.339 e. The molecule has 1 aromatic heterocycles. The van der Waals surface area contributed by atoms with E-state index >= 15 is 0 Å². The number of hydrogen-bond donors (Lipinski definition) is 1. The van der Waals surface area contributed by atoms with Crippen molar-refractivity contribution in [3.8, 4) is 0 Å². The van der Waals surface area contributed by atoms with Gasteiger partial charge in [0.2, 0.25) is 0 Å². The molecule has 3 aromatic rings. The first kappa shape index (κ1) is 19.3. The van der Waals surface area contributed by atoms with Crippen molar-refractivity contribution >= 4 is 38.6 Å². The zero-order valence-corrected chi connectivity index (χ0v) is 15.8. The van der Waals surface area contributed by atoms with Crippen LogP contribution in [-0.4, -0.2) is 39.6 Å². The van der Waals surface area contributed by atoms with E-state index in [0.29, 0.717) is 5.39 Å². The number of rotatable bonds is 5. The Morgan fingerprint density at radius 1 is 0.964 bits per heavy atom. The van der Waals surface area contributed by atoms with Crippen LogP contribution < -0.4 is 4.72 Å². The third-order valence-corrected chi connectivity index (χ3v) is 5.37.